The summed E-state index contributed by atoms with van der Waals surface area (Å²) in [6.45, 7) is 5.30. The second-order valence-corrected chi connectivity index (χ2v) is 4.91. The molecule has 2 N–H and O–H groups in total. The number of carbonyl (C=O) groups excluding carboxylic acids is 1. The van der Waals surface area contributed by atoms with Crippen molar-refractivity contribution in [2.75, 3.05) is 33.7 Å². The highest BCUT2D eigenvalue weighted by Crippen LogP contribution is 2.15. The van der Waals surface area contributed by atoms with E-state index in [1.54, 1.807) is 0 Å². The zero-order valence-electron chi connectivity index (χ0n) is 10.8. The van der Waals surface area contributed by atoms with Gasteiger partial charge in [0.2, 0.25) is 5.91 Å². The minimum absolute atomic E-state index is 0.205. The van der Waals surface area contributed by atoms with Crippen LogP contribution in [-0.2, 0) is 4.79 Å². The lowest BCUT2D eigenvalue weighted by Crippen LogP contribution is -2.48. The summed E-state index contributed by atoms with van der Waals surface area (Å²) in [5.41, 5.74) is 0. The lowest BCUT2D eigenvalue weighted by molar-refractivity contribution is -0.122. The molecule has 4 nitrogen and oxygen atoms in total. The first-order valence-electron chi connectivity index (χ1n) is 6.26. The van der Waals surface area contributed by atoms with Gasteiger partial charge in [-0.2, -0.15) is 0 Å². The van der Waals surface area contributed by atoms with Crippen LogP contribution in [0.1, 0.15) is 26.2 Å². The molecule has 0 aromatic rings. The molecule has 0 aromatic carbocycles. The van der Waals surface area contributed by atoms with Crippen molar-refractivity contribution in [1.82, 2.24) is 15.5 Å². The van der Waals surface area contributed by atoms with E-state index in [9.17, 15) is 4.79 Å². The van der Waals surface area contributed by atoms with Crippen LogP contribution in [0.4, 0.5) is 0 Å². The van der Waals surface area contributed by atoms with E-state index >= 15 is 0 Å². The lowest BCUT2D eigenvalue weighted by atomic mass is 9.94. The highest BCUT2D eigenvalue weighted by atomic mass is 16.1. The Labute approximate surface area is 98.8 Å². The van der Waals surface area contributed by atoms with Crippen LogP contribution in [0.5, 0.6) is 0 Å². The molecule has 0 saturated carbocycles. The van der Waals surface area contributed by atoms with Gasteiger partial charge in [-0.3, -0.25) is 4.79 Å². The number of piperidine rings is 1. The molecule has 1 heterocycles. The molecule has 1 aliphatic heterocycles. The standard InChI is InChI=1S/C12H25N3O/c1-10-9-15(3)8-6-11(10)14-12(16)5-4-7-13-2/h10-11,13H,4-9H2,1-3H3,(H,14,16). The van der Waals surface area contributed by atoms with Gasteiger partial charge in [0.15, 0.2) is 0 Å². The van der Waals surface area contributed by atoms with E-state index in [0.717, 1.165) is 32.5 Å². The third kappa shape index (κ3) is 4.49. The summed E-state index contributed by atoms with van der Waals surface area (Å²) in [5.74, 6) is 0.767. The molecule has 1 fully saturated rings. The summed E-state index contributed by atoms with van der Waals surface area (Å²) in [6.07, 6.45) is 2.64. The molecule has 94 valence electrons. The normalized spacial score (nSPS) is 26.7. The van der Waals surface area contributed by atoms with Crippen LogP contribution in [0.15, 0.2) is 0 Å². The zero-order valence-corrected chi connectivity index (χ0v) is 10.8. The summed E-state index contributed by atoms with van der Waals surface area (Å²) in [4.78, 5) is 14.0. The van der Waals surface area contributed by atoms with E-state index in [0.29, 0.717) is 18.4 Å². The summed E-state index contributed by atoms with van der Waals surface area (Å²) in [7, 11) is 4.05. The van der Waals surface area contributed by atoms with Crippen molar-refractivity contribution in [2.24, 2.45) is 5.92 Å². The van der Waals surface area contributed by atoms with Gasteiger partial charge in [0.05, 0.1) is 0 Å². The van der Waals surface area contributed by atoms with Crippen LogP contribution in [0.25, 0.3) is 0 Å². The Morgan fingerprint density at radius 1 is 1.50 bits per heavy atom. The van der Waals surface area contributed by atoms with Gasteiger partial charge in [-0.1, -0.05) is 6.92 Å². The lowest BCUT2D eigenvalue weighted by Gasteiger charge is -2.35. The minimum atomic E-state index is 0.205. The van der Waals surface area contributed by atoms with Crippen molar-refractivity contribution in [3.8, 4) is 0 Å². The molecule has 0 bridgehead atoms. The predicted molar refractivity (Wildman–Crippen MR) is 66.4 cm³/mol. The molecule has 16 heavy (non-hydrogen) atoms. The highest BCUT2D eigenvalue weighted by Gasteiger charge is 2.24. The second-order valence-electron chi connectivity index (χ2n) is 4.91. The van der Waals surface area contributed by atoms with Crippen LogP contribution in [-0.4, -0.2) is 50.6 Å². The van der Waals surface area contributed by atoms with Crippen molar-refractivity contribution < 1.29 is 4.79 Å². The van der Waals surface area contributed by atoms with Gasteiger partial charge in [0, 0.05) is 19.0 Å². The highest BCUT2D eigenvalue weighted by molar-refractivity contribution is 5.76. The Bertz CT molecular complexity index is 220. The molecule has 1 saturated heterocycles. The summed E-state index contributed by atoms with van der Waals surface area (Å²) < 4.78 is 0. The average molecular weight is 227 g/mol. The third-order valence-corrected chi connectivity index (χ3v) is 3.29. The van der Waals surface area contributed by atoms with Gasteiger partial charge < -0.3 is 15.5 Å². The van der Waals surface area contributed by atoms with Crippen molar-refractivity contribution in [3.05, 3.63) is 0 Å². The Hall–Kier alpha value is -0.610. The van der Waals surface area contributed by atoms with Crippen LogP contribution in [0.3, 0.4) is 0 Å². The molecule has 1 aliphatic rings. The number of hydrogen-bond acceptors (Lipinski definition) is 3. The largest absolute Gasteiger partial charge is 0.353 e. The third-order valence-electron chi connectivity index (χ3n) is 3.29. The molecule has 2 atom stereocenters. The maximum absolute atomic E-state index is 11.7. The van der Waals surface area contributed by atoms with E-state index in [4.69, 9.17) is 0 Å². The second kappa shape index (κ2) is 6.86. The Morgan fingerprint density at radius 3 is 2.88 bits per heavy atom. The molecule has 1 rings (SSSR count). The Morgan fingerprint density at radius 2 is 2.25 bits per heavy atom. The van der Waals surface area contributed by atoms with Gasteiger partial charge in [-0.25, -0.2) is 0 Å². The number of likely N-dealkylation sites (tertiary alicyclic amines) is 1. The van der Waals surface area contributed by atoms with Crippen LogP contribution in [0.2, 0.25) is 0 Å². The average Bonchev–Trinajstić information content (AvgIpc) is 2.23. The number of nitrogens with one attached hydrogen (secondary N) is 2. The van der Waals surface area contributed by atoms with Gasteiger partial charge >= 0.3 is 0 Å². The fourth-order valence-electron chi connectivity index (χ4n) is 2.27. The maximum atomic E-state index is 11.7. The van der Waals surface area contributed by atoms with Crippen molar-refractivity contribution in [2.45, 2.75) is 32.2 Å². The van der Waals surface area contributed by atoms with Gasteiger partial charge in [-0.15, -0.1) is 0 Å². The number of amides is 1. The minimum Gasteiger partial charge on any atom is -0.353 e. The van der Waals surface area contributed by atoms with Gasteiger partial charge in [0.1, 0.15) is 0 Å². The number of nitrogens with zero attached hydrogens (tertiary/aromatic N) is 1. The summed E-state index contributed by atoms with van der Waals surface area (Å²) >= 11 is 0. The first-order chi connectivity index (χ1) is 7.63. The van der Waals surface area contributed by atoms with E-state index in [1.807, 2.05) is 7.05 Å². The summed E-state index contributed by atoms with van der Waals surface area (Å²) in [5, 5.41) is 6.21. The molecule has 0 aromatic heterocycles. The van der Waals surface area contributed by atoms with E-state index < -0.39 is 0 Å². The molecule has 1 amide bonds. The van der Waals surface area contributed by atoms with Crippen molar-refractivity contribution in [3.63, 3.8) is 0 Å². The van der Waals surface area contributed by atoms with Crippen LogP contribution < -0.4 is 10.6 Å². The topological polar surface area (TPSA) is 44.4 Å². The maximum Gasteiger partial charge on any atom is 0.220 e. The fraction of sp³-hybridized carbons (Fsp3) is 0.917. The van der Waals surface area contributed by atoms with Crippen LogP contribution >= 0.6 is 0 Å². The molecule has 4 heteroatoms. The SMILES string of the molecule is CNCCCC(=O)NC1CCN(C)CC1C. The fourth-order valence-corrected chi connectivity index (χ4v) is 2.27. The van der Waals surface area contributed by atoms with Crippen molar-refractivity contribution >= 4 is 5.91 Å². The van der Waals surface area contributed by atoms with Gasteiger partial charge in [-0.05, 0) is 45.9 Å². The van der Waals surface area contributed by atoms with Crippen LogP contribution in [0, 0.1) is 5.92 Å². The predicted octanol–water partition coefficient (Wildman–Crippen LogP) is 0.442. The van der Waals surface area contributed by atoms with E-state index in [2.05, 4.69) is 29.5 Å². The van der Waals surface area contributed by atoms with E-state index in [1.165, 1.54) is 0 Å². The molecule has 0 aliphatic carbocycles. The number of hydrogen-bond donors (Lipinski definition) is 2. The molecule has 2 unspecified atom stereocenters. The number of rotatable bonds is 5. The number of carbonyl (C=O) groups is 1. The van der Waals surface area contributed by atoms with Gasteiger partial charge in [0.25, 0.3) is 0 Å². The first kappa shape index (κ1) is 13.5. The Kier molecular flexibility index (Phi) is 5.77. The Balaban J connectivity index is 2.22. The first-order valence-corrected chi connectivity index (χ1v) is 6.26. The quantitative estimate of drug-likeness (QED) is 0.670. The molecular formula is C12H25N3O. The molecule has 0 radical (unpaired) electrons. The molecular weight excluding hydrogens is 202 g/mol. The van der Waals surface area contributed by atoms with E-state index in [-0.39, 0.29) is 5.91 Å². The molecule has 0 spiro atoms. The summed E-state index contributed by atoms with van der Waals surface area (Å²) in [6, 6.07) is 0.373. The smallest absolute Gasteiger partial charge is 0.220 e. The zero-order chi connectivity index (χ0) is 12.0. The van der Waals surface area contributed by atoms with Crippen molar-refractivity contribution in [1.29, 1.82) is 0 Å². The monoisotopic (exact) mass is 227 g/mol.